The minimum Gasteiger partial charge on any atom is -0.381 e. The van der Waals surface area contributed by atoms with Crippen LogP contribution in [0.3, 0.4) is 0 Å². The molecule has 3 aromatic rings. The van der Waals surface area contributed by atoms with E-state index in [2.05, 4.69) is 88.8 Å². The molecule has 0 aromatic heterocycles. The summed E-state index contributed by atoms with van der Waals surface area (Å²) in [6.45, 7) is 3.03. The van der Waals surface area contributed by atoms with E-state index in [1.807, 2.05) is 0 Å². The lowest BCUT2D eigenvalue weighted by Gasteiger charge is -2.09. The van der Waals surface area contributed by atoms with Gasteiger partial charge in [0, 0.05) is 16.7 Å². The first-order valence-corrected chi connectivity index (χ1v) is 8.05. The van der Waals surface area contributed by atoms with Crippen LogP contribution in [0.15, 0.2) is 65.1 Å². The summed E-state index contributed by atoms with van der Waals surface area (Å²) in [6.07, 6.45) is 1.09. The molecule has 0 radical (unpaired) electrons. The first-order valence-electron chi connectivity index (χ1n) is 7.25. The van der Waals surface area contributed by atoms with Gasteiger partial charge in [-0.05, 0) is 52.6 Å². The Bertz CT molecular complexity index is 747. The first-order chi connectivity index (χ1) is 10.2. The molecule has 0 saturated heterocycles. The van der Waals surface area contributed by atoms with Gasteiger partial charge in [-0.15, -0.1) is 0 Å². The molecule has 3 aromatic carbocycles. The predicted molar refractivity (Wildman–Crippen MR) is 94.8 cm³/mol. The maximum absolute atomic E-state index is 3.51. The second-order valence-electron chi connectivity index (χ2n) is 5.23. The highest BCUT2D eigenvalue weighted by atomic mass is 79.9. The van der Waals surface area contributed by atoms with Gasteiger partial charge < -0.3 is 5.32 Å². The SMILES string of the molecule is CCc1ccc(CNc2ccc3cc(Br)ccc3c2)cc1. The maximum atomic E-state index is 3.51. The summed E-state index contributed by atoms with van der Waals surface area (Å²) >= 11 is 3.51. The molecule has 106 valence electrons. The lowest BCUT2D eigenvalue weighted by Crippen LogP contribution is -1.99. The molecule has 21 heavy (non-hydrogen) atoms. The summed E-state index contributed by atoms with van der Waals surface area (Å²) in [5.41, 5.74) is 3.85. The van der Waals surface area contributed by atoms with E-state index in [9.17, 15) is 0 Å². The minimum atomic E-state index is 0.853. The Morgan fingerprint density at radius 2 is 1.48 bits per heavy atom. The average Bonchev–Trinajstić information content (AvgIpc) is 2.53. The fourth-order valence-electron chi connectivity index (χ4n) is 2.42. The smallest absolute Gasteiger partial charge is 0.0400 e. The number of hydrogen-bond acceptors (Lipinski definition) is 1. The molecule has 0 bridgehead atoms. The minimum absolute atomic E-state index is 0.853. The lowest BCUT2D eigenvalue weighted by molar-refractivity contribution is 1.11. The molecule has 0 unspecified atom stereocenters. The van der Waals surface area contributed by atoms with Crippen molar-refractivity contribution >= 4 is 32.4 Å². The standard InChI is InChI=1S/C19H18BrN/c1-2-14-3-5-15(6-4-14)13-21-19-10-8-16-11-18(20)9-7-17(16)12-19/h3-12,21H,2,13H2,1H3. The summed E-state index contributed by atoms with van der Waals surface area (Å²) in [6, 6.07) is 21.6. The zero-order chi connectivity index (χ0) is 14.7. The summed E-state index contributed by atoms with van der Waals surface area (Å²) in [4.78, 5) is 0. The second-order valence-corrected chi connectivity index (χ2v) is 6.15. The van der Waals surface area contributed by atoms with Gasteiger partial charge in [0.2, 0.25) is 0 Å². The van der Waals surface area contributed by atoms with Crippen LogP contribution in [0.2, 0.25) is 0 Å². The van der Waals surface area contributed by atoms with E-state index in [-0.39, 0.29) is 0 Å². The summed E-state index contributed by atoms with van der Waals surface area (Å²) in [5, 5.41) is 6.00. The van der Waals surface area contributed by atoms with Crippen LogP contribution in [0.5, 0.6) is 0 Å². The van der Waals surface area contributed by atoms with Crippen molar-refractivity contribution < 1.29 is 0 Å². The number of fused-ring (bicyclic) bond motifs is 1. The average molecular weight is 340 g/mol. The Morgan fingerprint density at radius 1 is 0.810 bits per heavy atom. The van der Waals surface area contributed by atoms with Crippen molar-refractivity contribution in [1.29, 1.82) is 0 Å². The molecule has 0 aliphatic rings. The highest BCUT2D eigenvalue weighted by Crippen LogP contribution is 2.23. The summed E-state index contributed by atoms with van der Waals surface area (Å²) in [5.74, 6) is 0. The van der Waals surface area contributed by atoms with E-state index >= 15 is 0 Å². The van der Waals surface area contributed by atoms with Gasteiger partial charge in [0.25, 0.3) is 0 Å². The van der Waals surface area contributed by atoms with Gasteiger partial charge in [-0.2, -0.15) is 0 Å². The number of aryl methyl sites for hydroxylation is 1. The van der Waals surface area contributed by atoms with Gasteiger partial charge in [0.1, 0.15) is 0 Å². The topological polar surface area (TPSA) is 12.0 Å². The highest BCUT2D eigenvalue weighted by molar-refractivity contribution is 9.10. The van der Waals surface area contributed by atoms with Crippen molar-refractivity contribution in [2.24, 2.45) is 0 Å². The maximum Gasteiger partial charge on any atom is 0.0400 e. The molecule has 0 aliphatic heterocycles. The Labute approximate surface area is 134 Å². The predicted octanol–water partition coefficient (Wildman–Crippen LogP) is 5.78. The van der Waals surface area contributed by atoms with Gasteiger partial charge >= 0.3 is 0 Å². The molecule has 3 rings (SSSR count). The number of rotatable bonds is 4. The van der Waals surface area contributed by atoms with Gasteiger partial charge in [-0.3, -0.25) is 0 Å². The molecule has 1 nitrogen and oxygen atoms in total. The van der Waals surface area contributed by atoms with Crippen LogP contribution in [0.1, 0.15) is 18.1 Å². The summed E-state index contributed by atoms with van der Waals surface area (Å²) < 4.78 is 1.12. The molecule has 0 heterocycles. The van der Waals surface area contributed by atoms with Crippen LogP contribution in [-0.2, 0) is 13.0 Å². The van der Waals surface area contributed by atoms with Crippen molar-refractivity contribution in [2.75, 3.05) is 5.32 Å². The third-order valence-corrected chi connectivity index (χ3v) is 4.22. The molecule has 1 N–H and O–H groups in total. The van der Waals surface area contributed by atoms with Crippen LogP contribution in [-0.4, -0.2) is 0 Å². The van der Waals surface area contributed by atoms with E-state index in [1.165, 1.54) is 21.9 Å². The fourth-order valence-corrected chi connectivity index (χ4v) is 2.80. The van der Waals surface area contributed by atoms with Gasteiger partial charge in [-0.25, -0.2) is 0 Å². The van der Waals surface area contributed by atoms with Gasteiger partial charge in [0.05, 0.1) is 0 Å². The molecular formula is C19H18BrN. The Kier molecular flexibility index (Phi) is 4.26. The van der Waals surface area contributed by atoms with Crippen molar-refractivity contribution in [3.8, 4) is 0 Å². The Hall–Kier alpha value is -1.80. The Balaban J connectivity index is 1.73. The van der Waals surface area contributed by atoms with Crippen LogP contribution in [0.25, 0.3) is 10.8 Å². The highest BCUT2D eigenvalue weighted by Gasteiger charge is 1.98. The number of halogens is 1. The van der Waals surface area contributed by atoms with E-state index in [4.69, 9.17) is 0 Å². The van der Waals surface area contributed by atoms with Crippen LogP contribution in [0, 0.1) is 0 Å². The third kappa shape index (κ3) is 3.45. The monoisotopic (exact) mass is 339 g/mol. The lowest BCUT2D eigenvalue weighted by atomic mass is 10.1. The Morgan fingerprint density at radius 3 is 2.24 bits per heavy atom. The molecule has 0 aliphatic carbocycles. The number of hydrogen-bond donors (Lipinski definition) is 1. The number of anilines is 1. The van der Waals surface area contributed by atoms with E-state index < -0.39 is 0 Å². The van der Waals surface area contributed by atoms with Gasteiger partial charge in [-0.1, -0.05) is 59.3 Å². The zero-order valence-corrected chi connectivity index (χ0v) is 13.7. The third-order valence-electron chi connectivity index (χ3n) is 3.73. The zero-order valence-electron chi connectivity index (χ0n) is 12.1. The molecule has 0 saturated carbocycles. The molecule has 0 spiro atoms. The van der Waals surface area contributed by atoms with E-state index in [0.717, 1.165) is 23.1 Å². The van der Waals surface area contributed by atoms with Gasteiger partial charge in [0.15, 0.2) is 0 Å². The molecular weight excluding hydrogens is 322 g/mol. The van der Waals surface area contributed by atoms with E-state index in [0.29, 0.717) is 0 Å². The molecule has 0 atom stereocenters. The van der Waals surface area contributed by atoms with Crippen molar-refractivity contribution in [3.63, 3.8) is 0 Å². The number of nitrogens with one attached hydrogen (secondary N) is 1. The van der Waals surface area contributed by atoms with Crippen molar-refractivity contribution in [1.82, 2.24) is 0 Å². The van der Waals surface area contributed by atoms with Crippen molar-refractivity contribution in [2.45, 2.75) is 19.9 Å². The quantitative estimate of drug-likeness (QED) is 0.635. The molecule has 0 amide bonds. The normalized spacial score (nSPS) is 10.8. The summed E-state index contributed by atoms with van der Waals surface area (Å²) in [7, 11) is 0. The van der Waals surface area contributed by atoms with Crippen LogP contribution in [0.4, 0.5) is 5.69 Å². The van der Waals surface area contributed by atoms with E-state index in [1.54, 1.807) is 0 Å². The second kappa shape index (κ2) is 6.31. The first kappa shape index (κ1) is 14.2. The van der Waals surface area contributed by atoms with Crippen LogP contribution >= 0.6 is 15.9 Å². The molecule has 0 fully saturated rings. The molecule has 2 heteroatoms. The van der Waals surface area contributed by atoms with Crippen molar-refractivity contribution in [3.05, 3.63) is 76.3 Å². The largest absolute Gasteiger partial charge is 0.381 e. The van der Waals surface area contributed by atoms with Crippen LogP contribution < -0.4 is 5.32 Å². The number of benzene rings is 3. The fraction of sp³-hybridized carbons (Fsp3) is 0.158.